The number of nitrogens with zero attached hydrogens (tertiary/aromatic N) is 1. The Balaban J connectivity index is 2.51. The standard InChI is InChI=1S/C15H27NO5/c1-12(11-19-2)9-14(17)16(7-6-15(18)20-3)10-13-5-4-8-21-13/h12-13H,4-11H2,1-3H3. The SMILES string of the molecule is COCC(C)CC(=O)N(CCC(=O)OC)CC1CCCO1. The number of esters is 1. The molecule has 2 unspecified atom stereocenters. The molecule has 0 aliphatic carbocycles. The van der Waals surface area contributed by atoms with Crippen LogP contribution in [-0.4, -0.2) is 63.4 Å². The number of amides is 1. The Morgan fingerprint density at radius 1 is 1.38 bits per heavy atom. The van der Waals surface area contributed by atoms with Crippen molar-refractivity contribution in [1.82, 2.24) is 4.90 Å². The van der Waals surface area contributed by atoms with Gasteiger partial charge < -0.3 is 19.1 Å². The fraction of sp³-hybridized carbons (Fsp3) is 0.867. The van der Waals surface area contributed by atoms with Gasteiger partial charge in [-0.1, -0.05) is 6.92 Å². The summed E-state index contributed by atoms with van der Waals surface area (Å²) in [5, 5.41) is 0. The van der Waals surface area contributed by atoms with Gasteiger partial charge in [-0.3, -0.25) is 9.59 Å². The van der Waals surface area contributed by atoms with Crippen molar-refractivity contribution in [1.29, 1.82) is 0 Å². The summed E-state index contributed by atoms with van der Waals surface area (Å²) < 4.78 is 15.3. The molecule has 6 nitrogen and oxygen atoms in total. The fourth-order valence-electron chi connectivity index (χ4n) is 2.45. The molecule has 122 valence electrons. The largest absolute Gasteiger partial charge is 0.469 e. The van der Waals surface area contributed by atoms with Crippen molar-refractivity contribution in [2.75, 3.05) is 40.5 Å². The van der Waals surface area contributed by atoms with Crippen LogP contribution in [0.3, 0.4) is 0 Å². The first-order chi connectivity index (χ1) is 10.1. The molecule has 0 radical (unpaired) electrons. The minimum Gasteiger partial charge on any atom is -0.469 e. The van der Waals surface area contributed by atoms with Crippen LogP contribution in [0.1, 0.15) is 32.6 Å². The van der Waals surface area contributed by atoms with E-state index in [4.69, 9.17) is 9.47 Å². The molecule has 0 bridgehead atoms. The monoisotopic (exact) mass is 301 g/mol. The topological polar surface area (TPSA) is 65.1 Å². The maximum atomic E-state index is 12.4. The van der Waals surface area contributed by atoms with E-state index in [1.807, 2.05) is 6.92 Å². The second kappa shape index (κ2) is 9.73. The highest BCUT2D eigenvalue weighted by atomic mass is 16.5. The third kappa shape index (κ3) is 6.91. The summed E-state index contributed by atoms with van der Waals surface area (Å²) in [5.74, 6) is -0.100. The molecule has 0 N–H and O–H groups in total. The highest BCUT2D eigenvalue weighted by Gasteiger charge is 2.24. The van der Waals surface area contributed by atoms with Crippen LogP contribution in [0.15, 0.2) is 0 Å². The van der Waals surface area contributed by atoms with E-state index in [9.17, 15) is 9.59 Å². The van der Waals surface area contributed by atoms with Crippen LogP contribution in [0.25, 0.3) is 0 Å². The average Bonchev–Trinajstić information content (AvgIpc) is 2.95. The predicted octanol–water partition coefficient (Wildman–Crippen LogP) is 1.23. The number of carbonyl (C=O) groups is 2. The maximum Gasteiger partial charge on any atom is 0.307 e. The number of hydrogen-bond acceptors (Lipinski definition) is 5. The molecule has 0 aromatic rings. The molecule has 6 heteroatoms. The molecule has 0 spiro atoms. The van der Waals surface area contributed by atoms with Crippen LogP contribution in [0.5, 0.6) is 0 Å². The molecule has 1 rings (SSSR count). The quantitative estimate of drug-likeness (QED) is 0.599. The normalized spacial score (nSPS) is 19.3. The summed E-state index contributed by atoms with van der Waals surface area (Å²) in [6, 6.07) is 0. The first kappa shape index (κ1) is 17.9. The van der Waals surface area contributed by atoms with Crippen molar-refractivity contribution in [2.24, 2.45) is 5.92 Å². The third-order valence-corrected chi connectivity index (χ3v) is 3.59. The first-order valence-corrected chi connectivity index (χ1v) is 7.52. The first-order valence-electron chi connectivity index (χ1n) is 7.52. The van der Waals surface area contributed by atoms with Crippen LogP contribution in [0.2, 0.25) is 0 Å². The highest BCUT2D eigenvalue weighted by molar-refractivity contribution is 5.77. The summed E-state index contributed by atoms with van der Waals surface area (Å²) in [6.07, 6.45) is 2.72. The zero-order valence-electron chi connectivity index (χ0n) is 13.3. The van der Waals surface area contributed by atoms with Crippen molar-refractivity contribution >= 4 is 11.9 Å². The van der Waals surface area contributed by atoms with E-state index in [1.165, 1.54) is 7.11 Å². The molecule has 1 amide bonds. The van der Waals surface area contributed by atoms with E-state index in [1.54, 1.807) is 12.0 Å². The van der Waals surface area contributed by atoms with Crippen molar-refractivity contribution < 1.29 is 23.8 Å². The van der Waals surface area contributed by atoms with Gasteiger partial charge in [-0.25, -0.2) is 0 Å². The van der Waals surface area contributed by atoms with Crippen LogP contribution in [0.4, 0.5) is 0 Å². The molecule has 1 fully saturated rings. The van der Waals surface area contributed by atoms with Crippen LogP contribution in [-0.2, 0) is 23.8 Å². The third-order valence-electron chi connectivity index (χ3n) is 3.59. The molecule has 2 atom stereocenters. The lowest BCUT2D eigenvalue weighted by Gasteiger charge is -2.26. The molecular weight excluding hydrogens is 274 g/mol. The van der Waals surface area contributed by atoms with Gasteiger partial charge in [-0.15, -0.1) is 0 Å². The van der Waals surface area contributed by atoms with Crippen molar-refractivity contribution in [2.45, 2.75) is 38.7 Å². The minimum absolute atomic E-state index is 0.0407. The van der Waals surface area contributed by atoms with E-state index in [0.717, 1.165) is 19.4 Å². The second-order valence-electron chi connectivity index (χ2n) is 5.57. The molecule has 1 heterocycles. The Morgan fingerprint density at radius 2 is 2.14 bits per heavy atom. The van der Waals surface area contributed by atoms with Gasteiger partial charge in [0.15, 0.2) is 0 Å². The van der Waals surface area contributed by atoms with Gasteiger partial charge >= 0.3 is 5.97 Å². The molecule has 1 aliphatic heterocycles. The van der Waals surface area contributed by atoms with Crippen LogP contribution in [0, 0.1) is 5.92 Å². The lowest BCUT2D eigenvalue weighted by molar-refractivity contribution is -0.142. The molecule has 0 aromatic carbocycles. The van der Waals surface area contributed by atoms with E-state index in [-0.39, 0.29) is 30.3 Å². The van der Waals surface area contributed by atoms with Gasteiger partial charge in [0.2, 0.25) is 5.91 Å². The summed E-state index contributed by atoms with van der Waals surface area (Å²) in [7, 11) is 2.98. The predicted molar refractivity (Wildman–Crippen MR) is 77.8 cm³/mol. The maximum absolute atomic E-state index is 12.4. The highest BCUT2D eigenvalue weighted by Crippen LogP contribution is 2.15. The number of methoxy groups -OCH3 is 2. The summed E-state index contributed by atoms with van der Waals surface area (Å²) in [6.45, 7) is 4.22. The van der Waals surface area contributed by atoms with Crippen molar-refractivity contribution in [3.8, 4) is 0 Å². The Bertz CT molecular complexity index is 328. The van der Waals surface area contributed by atoms with Gasteiger partial charge in [0.05, 0.1) is 19.6 Å². The Hall–Kier alpha value is -1.14. The minimum atomic E-state index is -0.301. The van der Waals surface area contributed by atoms with E-state index < -0.39 is 0 Å². The molecular formula is C15H27NO5. The van der Waals surface area contributed by atoms with E-state index in [0.29, 0.717) is 26.1 Å². The van der Waals surface area contributed by atoms with Gasteiger partial charge in [-0.05, 0) is 18.8 Å². The lowest BCUT2D eigenvalue weighted by Crippen LogP contribution is -2.39. The number of rotatable bonds is 9. The lowest BCUT2D eigenvalue weighted by atomic mass is 10.1. The fourth-order valence-corrected chi connectivity index (χ4v) is 2.45. The zero-order chi connectivity index (χ0) is 15.7. The average molecular weight is 301 g/mol. The van der Waals surface area contributed by atoms with Gasteiger partial charge in [0, 0.05) is 39.8 Å². The molecule has 1 saturated heterocycles. The number of ether oxygens (including phenoxy) is 3. The zero-order valence-corrected chi connectivity index (χ0v) is 13.3. The number of hydrogen-bond donors (Lipinski definition) is 0. The summed E-state index contributed by atoms with van der Waals surface area (Å²) >= 11 is 0. The smallest absolute Gasteiger partial charge is 0.307 e. The molecule has 0 saturated carbocycles. The van der Waals surface area contributed by atoms with E-state index in [2.05, 4.69) is 4.74 Å². The summed E-state index contributed by atoms with van der Waals surface area (Å²) in [4.78, 5) is 25.4. The Kier molecular flexibility index (Phi) is 8.30. The van der Waals surface area contributed by atoms with Crippen molar-refractivity contribution in [3.63, 3.8) is 0 Å². The van der Waals surface area contributed by atoms with Crippen molar-refractivity contribution in [3.05, 3.63) is 0 Å². The molecule has 1 aliphatic rings. The van der Waals surface area contributed by atoms with Gasteiger partial charge in [0.1, 0.15) is 0 Å². The summed E-state index contributed by atoms with van der Waals surface area (Å²) in [5.41, 5.74) is 0. The van der Waals surface area contributed by atoms with E-state index >= 15 is 0 Å². The molecule has 21 heavy (non-hydrogen) atoms. The van der Waals surface area contributed by atoms with Gasteiger partial charge in [0.25, 0.3) is 0 Å². The Morgan fingerprint density at radius 3 is 2.71 bits per heavy atom. The Labute approximate surface area is 126 Å². The van der Waals surface area contributed by atoms with Crippen LogP contribution >= 0.6 is 0 Å². The number of carbonyl (C=O) groups excluding carboxylic acids is 2. The second-order valence-corrected chi connectivity index (χ2v) is 5.57. The molecule has 0 aromatic heterocycles. The van der Waals surface area contributed by atoms with Gasteiger partial charge in [-0.2, -0.15) is 0 Å². The van der Waals surface area contributed by atoms with Crippen LogP contribution < -0.4 is 0 Å².